The highest BCUT2D eigenvalue weighted by molar-refractivity contribution is 5.80. The summed E-state index contributed by atoms with van der Waals surface area (Å²) in [7, 11) is 5.86. The van der Waals surface area contributed by atoms with Gasteiger partial charge < -0.3 is 24.6 Å². The third-order valence-electron chi connectivity index (χ3n) is 5.32. The number of ether oxygens (including phenoxy) is 2. The quantitative estimate of drug-likeness (QED) is 0.626. The van der Waals surface area contributed by atoms with E-state index in [0.717, 1.165) is 44.1 Å². The Hall–Kier alpha value is -1.70. The van der Waals surface area contributed by atoms with E-state index in [4.69, 9.17) is 9.47 Å². The molecule has 150 valence electrons. The van der Waals surface area contributed by atoms with Gasteiger partial charge in [0.15, 0.2) is 5.96 Å². The standard InChI is InChI=1S/C20H31FN4O2/c1-22-20(25-10-12-27-19(14-25)18-5-4-11-26-18)23-13-17(24(2)3)15-6-8-16(21)9-7-15/h6-9,17-19H,4-5,10-14H2,1-3H3,(H,22,23). The van der Waals surface area contributed by atoms with Gasteiger partial charge in [0.2, 0.25) is 0 Å². The van der Waals surface area contributed by atoms with E-state index >= 15 is 0 Å². The van der Waals surface area contributed by atoms with Crippen LogP contribution in [0.25, 0.3) is 0 Å². The fourth-order valence-corrected chi connectivity index (χ4v) is 3.79. The van der Waals surface area contributed by atoms with Crippen molar-refractivity contribution in [2.75, 3.05) is 54.0 Å². The Morgan fingerprint density at radius 1 is 1.26 bits per heavy atom. The number of likely N-dealkylation sites (N-methyl/N-ethyl adjacent to an activating group) is 1. The van der Waals surface area contributed by atoms with E-state index in [1.54, 1.807) is 7.05 Å². The summed E-state index contributed by atoms with van der Waals surface area (Å²) in [5.74, 6) is 0.656. The SMILES string of the molecule is CN=C(NCC(c1ccc(F)cc1)N(C)C)N1CCOC(C2CCCO2)C1. The molecule has 6 nitrogen and oxygen atoms in total. The van der Waals surface area contributed by atoms with Gasteiger partial charge >= 0.3 is 0 Å². The minimum atomic E-state index is -0.214. The monoisotopic (exact) mass is 378 g/mol. The second-order valence-electron chi connectivity index (χ2n) is 7.37. The average Bonchev–Trinajstić information content (AvgIpc) is 3.21. The third kappa shape index (κ3) is 5.18. The summed E-state index contributed by atoms with van der Waals surface area (Å²) in [5, 5.41) is 3.49. The van der Waals surface area contributed by atoms with E-state index in [-0.39, 0.29) is 24.1 Å². The zero-order chi connectivity index (χ0) is 19.2. The van der Waals surface area contributed by atoms with Gasteiger partial charge in [0.05, 0.1) is 18.8 Å². The molecule has 1 aromatic carbocycles. The largest absolute Gasteiger partial charge is 0.375 e. The molecule has 0 saturated carbocycles. The van der Waals surface area contributed by atoms with Crippen molar-refractivity contribution < 1.29 is 13.9 Å². The number of guanidine groups is 1. The lowest BCUT2D eigenvalue weighted by Gasteiger charge is -2.37. The lowest BCUT2D eigenvalue weighted by Crippen LogP contribution is -2.54. The first-order chi connectivity index (χ1) is 13.1. The normalized spacial score (nSPS) is 25.1. The summed E-state index contributed by atoms with van der Waals surface area (Å²) in [6, 6.07) is 6.82. The fraction of sp³-hybridized carbons (Fsp3) is 0.650. The summed E-state index contributed by atoms with van der Waals surface area (Å²) in [6.07, 6.45) is 2.47. The second kappa shape index (κ2) is 9.48. The summed E-state index contributed by atoms with van der Waals surface area (Å²) >= 11 is 0. The van der Waals surface area contributed by atoms with Gasteiger partial charge in [0, 0.05) is 33.3 Å². The van der Waals surface area contributed by atoms with Gasteiger partial charge in [-0.15, -0.1) is 0 Å². The van der Waals surface area contributed by atoms with Crippen LogP contribution in [0.4, 0.5) is 4.39 Å². The van der Waals surface area contributed by atoms with Gasteiger partial charge in [0.25, 0.3) is 0 Å². The van der Waals surface area contributed by atoms with E-state index < -0.39 is 0 Å². The lowest BCUT2D eigenvalue weighted by molar-refractivity contribution is -0.0817. The van der Waals surface area contributed by atoms with E-state index in [1.807, 2.05) is 26.2 Å². The Bertz CT molecular complexity index is 617. The zero-order valence-corrected chi connectivity index (χ0v) is 16.5. The van der Waals surface area contributed by atoms with Gasteiger partial charge in [-0.3, -0.25) is 4.99 Å². The first-order valence-corrected chi connectivity index (χ1v) is 9.69. The summed E-state index contributed by atoms with van der Waals surface area (Å²) < 4.78 is 25.0. The molecule has 7 heteroatoms. The van der Waals surface area contributed by atoms with Crippen molar-refractivity contribution in [3.8, 4) is 0 Å². The van der Waals surface area contributed by atoms with Crippen molar-refractivity contribution in [3.63, 3.8) is 0 Å². The molecular formula is C20H31FN4O2. The Balaban J connectivity index is 1.60. The molecule has 2 fully saturated rings. The van der Waals surface area contributed by atoms with Gasteiger partial charge in [-0.2, -0.15) is 0 Å². The van der Waals surface area contributed by atoms with Crippen LogP contribution >= 0.6 is 0 Å². The molecule has 3 rings (SSSR count). The van der Waals surface area contributed by atoms with Gasteiger partial charge in [0.1, 0.15) is 11.9 Å². The average molecular weight is 378 g/mol. The maximum Gasteiger partial charge on any atom is 0.193 e. The van der Waals surface area contributed by atoms with Crippen LogP contribution in [0, 0.1) is 5.82 Å². The maximum absolute atomic E-state index is 13.3. The zero-order valence-electron chi connectivity index (χ0n) is 16.5. The maximum atomic E-state index is 13.3. The Morgan fingerprint density at radius 2 is 2.00 bits per heavy atom. The minimum Gasteiger partial charge on any atom is -0.375 e. The minimum absolute atomic E-state index is 0.0987. The van der Waals surface area contributed by atoms with Crippen molar-refractivity contribution in [2.24, 2.45) is 4.99 Å². The molecule has 27 heavy (non-hydrogen) atoms. The Kier molecular flexibility index (Phi) is 7.04. The Labute approximate surface area is 161 Å². The molecule has 3 unspecified atom stereocenters. The van der Waals surface area contributed by atoms with Crippen LogP contribution < -0.4 is 5.32 Å². The molecule has 0 bridgehead atoms. The fourth-order valence-electron chi connectivity index (χ4n) is 3.79. The predicted octanol–water partition coefficient (Wildman–Crippen LogP) is 1.88. The van der Waals surface area contributed by atoms with Crippen LogP contribution in [0.1, 0.15) is 24.4 Å². The molecule has 3 atom stereocenters. The van der Waals surface area contributed by atoms with Crippen LogP contribution in [-0.2, 0) is 9.47 Å². The topological polar surface area (TPSA) is 49.3 Å². The number of morpholine rings is 1. The number of hydrogen-bond acceptors (Lipinski definition) is 4. The molecular weight excluding hydrogens is 347 g/mol. The number of halogens is 1. The van der Waals surface area contributed by atoms with Crippen LogP contribution in [-0.4, -0.2) is 82.0 Å². The third-order valence-corrected chi connectivity index (χ3v) is 5.32. The summed E-state index contributed by atoms with van der Waals surface area (Å²) in [5.41, 5.74) is 1.07. The number of nitrogens with zero attached hydrogens (tertiary/aromatic N) is 3. The van der Waals surface area contributed by atoms with Crippen molar-refractivity contribution >= 4 is 5.96 Å². The first kappa shape index (κ1) is 20.0. The number of aliphatic imine (C=N–C) groups is 1. The highest BCUT2D eigenvalue weighted by Gasteiger charge is 2.32. The number of hydrogen-bond donors (Lipinski definition) is 1. The Morgan fingerprint density at radius 3 is 2.63 bits per heavy atom. The molecule has 2 saturated heterocycles. The number of benzene rings is 1. The molecule has 2 heterocycles. The smallest absolute Gasteiger partial charge is 0.193 e. The van der Waals surface area contributed by atoms with Gasteiger partial charge in [-0.1, -0.05) is 12.1 Å². The molecule has 0 amide bonds. The number of rotatable bonds is 5. The highest BCUT2D eigenvalue weighted by atomic mass is 19.1. The molecule has 1 N–H and O–H groups in total. The van der Waals surface area contributed by atoms with Crippen LogP contribution in [0.3, 0.4) is 0 Å². The molecule has 2 aliphatic heterocycles. The first-order valence-electron chi connectivity index (χ1n) is 9.69. The van der Waals surface area contributed by atoms with Crippen LogP contribution in [0.5, 0.6) is 0 Å². The van der Waals surface area contributed by atoms with E-state index in [0.29, 0.717) is 13.2 Å². The molecule has 0 radical (unpaired) electrons. The van der Waals surface area contributed by atoms with Crippen molar-refractivity contribution in [3.05, 3.63) is 35.6 Å². The molecule has 1 aromatic rings. The van der Waals surface area contributed by atoms with Crippen LogP contribution in [0.15, 0.2) is 29.3 Å². The molecule has 2 aliphatic rings. The predicted molar refractivity (Wildman–Crippen MR) is 104 cm³/mol. The van der Waals surface area contributed by atoms with E-state index in [1.165, 1.54) is 12.1 Å². The molecule has 0 spiro atoms. The van der Waals surface area contributed by atoms with Crippen molar-refractivity contribution in [1.82, 2.24) is 15.1 Å². The molecule has 0 aliphatic carbocycles. The highest BCUT2D eigenvalue weighted by Crippen LogP contribution is 2.21. The van der Waals surface area contributed by atoms with Crippen molar-refractivity contribution in [1.29, 1.82) is 0 Å². The van der Waals surface area contributed by atoms with Crippen LogP contribution in [0.2, 0.25) is 0 Å². The van der Waals surface area contributed by atoms with Gasteiger partial charge in [-0.25, -0.2) is 4.39 Å². The molecule has 0 aromatic heterocycles. The second-order valence-corrected chi connectivity index (χ2v) is 7.37. The van der Waals surface area contributed by atoms with E-state index in [2.05, 4.69) is 20.1 Å². The number of nitrogens with one attached hydrogen (secondary N) is 1. The lowest BCUT2D eigenvalue weighted by atomic mass is 10.1. The summed E-state index contributed by atoms with van der Waals surface area (Å²) in [6.45, 7) is 3.80. The summed E-state index contributed by atoms with van der Waals surface area (Å²) in [4.78, 5) is 8.84. The van der Waals surface area contributed by atoms with E-state index in [9.17, 15) is 4.39 Å². The van der Waals surface area contributed by atoms with Gasteiger partial charge in [-0.05, 0) is 44.6 Å². The van der Waals surface area contributed by atoms with Crippen molar-refractivity contribution in [2.45, 2.75) is 31.1 Å².